The zero-order chi connectivity index (χ0) is 13.1. The van der Waals surface area contributed by atoms with Crippen LogP contribution >= 0.6 is 0 Å². The molecular weight excluding hydrogens is 240 g/mol. The van der Waals surface area contributed by atoms with Crippen LogP contribution in [0.2, 0.25) is 0 Å². The van der Waals surface area contributed by atoms with Crippen molar-refractivity contribution in [2.24, 2.45) is 0 Å². The largest absolute Gasteiger partial charge is 0.399 e. The number of nitrogens with zero attached hydrogens (tertiary/aromatic N) is 1. The van der Waals surface area contributed by atoms with E-state index in [1.54, 1.807) is 0 Å². The van der Waals surface area contributed by atoms with Crippen molar-refractivity contribution >= 4 is 5.69 Å². The van der Waals surface area contributed by atoms with Gasteiger partial charge in [-0.15, -0.1) is 0 Å². The lowest BCUT2D eigenvalue weighted by molar-refractivity contribution is -0.189. The maximum atomic E-state index is 5.80. The molecule has 104 valence electrons. The van der Waals surface area contributed by atoms with Gasteiger partial charge in [-0.3, -0.25) is 4.90 Å². The fourth-order valence-corrected chi connectivity index (χ4v) is 2.97. The van der Waals surface area contributed by atoms with Crippen LogP contribution in [0.5, 0.6) is 0 Å². The Bertz CT molecular complexity index is 413. The molecule has 2 saturated heterocycles. The Labute approximate surface area is 114 Å². The zero-order valence-corrected chi connectivity index (χ0v) is 11.3. The predicted octanol–water partition coefficient (Wildman–Crippen LogP) is 1.65. The molecule has 2 aliphatic rings. The smallest absolute Gasteiger partial charge is 0.181 e. The summed E-state index contributed by atoms with van der Waals surface area (Å²) in [6, 6.07) is 8.15. The summed E-state index contributed by atoms with van der Waals surface area (Å²) in [6.07, 6.45) is 3.24. The summed E-state index contributed by atoms with van der Waals surface area (Å²) >= 11 is 0. The fraction of sp³-hybridized carbons (Fsp3) is 0.600. The summed E-state index contributed by atoms with van der Waals surface area (Å²) < 4.78 is 11.6. The molecule has 2 aliphatic heterocycles. The number of nitrogen functional groups attached to an aromatic ring is 1. The van der Waals surface area contributed by atoms with E-state index in [0.717, 1.165) is 57.8 Å². The number of hydrogen-bond donors (Lipinski definition) is 1. The summed E-state index contributed by atoms with van der Waals surface area (Å²) in [4.78, 5) is 2.45. The van der Waals surface area contributed by atoms with E-state index in [2.05, 4.69) is 17.0 Å². The van der Waals surface area contributed by atoms with Gasteiger partial charge in [0.2, 0.25) is 0 Å². The minimum absolute atomic E-state index is 0.306. The molecule has 2 heterocycles. The fourth-order valence-electron chi connectivity index (χ4n) is 2.97. The van der Waals surface area contributed by atoms with Crippen LogP contribution < -0.4 is 5.73 Å². The molecule has 0 aromatic heterocycles. The molecule has 2 N–H and O–H groups in total. The number of hydrogen-bond acceptors (Lipinski definition) is 4. The lowest BCUT2D eigenvalue weighted by atomic mass is 10.0. The number of likely N-dealkylation sites (tertiary alicyclic amines) is 1. The standard InChI is InChI=1S/C15H22N2O2/c16-14-4-2-13(3-5-14)6-9-17-8-1-7-15(12-17)18-10-11-19-15/h2-5H,1,6-12,16H2. The minimum atomic E-state index is -0.306. The lowest BCUT2D eigenvalue weighted by Gasteiger charge is -2.38. The van der Waals surface area contributed by atoms with E-state index >= 15 is 0 Å². The minimum Gasteiger partial charge on any atom is -0.399 e. The van der Waals surface area contributed by atoms with Gasteiger partial charge in [0, 0.05) is 18.7 Å². The van der Waals surface area contributed by atoms with E-state index in [0.29, 0.717) is 0 Å². The number of anilines is 1. The van der Waals surface area contributed by atoms with E-state index < -0.39 is 0 Å². The Kier molecular flexibility index (Phi) is 3.73. The monoisotopic (exact) mass is 262 g/mol. The highest BCUT2D eigenvalue weighted by Crippen LogP contribution is 2.30. The van der Waals surface area contributed by atoms with Crippen molar-refractivity contribution < 1.29 is 9.47 Å². The molecule has 3 rings (SSSR count). The summed E-state index contributed by atoms with van der Waals surface area (Å²) in [5.41, 5.74) is 7.86. The Morgan fingerprint density at radius 2 is 1.89 bits per heavy atom. The number of ether oxygens (including phenoxy) is 2. The third-order valence-electron chi connectivity index (χ3n) is 4.01. The molecule has 4 heteroatoms. The number of rotatable bonds is 3. The molecule has 1 aromatic carbocycles. The van der Waals surface area contributed by atoms with Crippen LogP contribution in [-0.4, -0.2) is 43.5 Å². The van der Waals surface area contributed by atoms with Gasteiger partial charge in [-0.2, -0.15) is 0 Å². The molecular formula is C15H22N2O2. The van der Waals surface area contributed by atoms with Crippen molar-refractivity contribution in [2.75, 3.05) is 38.6 Å². The van der Waals surface area contributed by atoms with Crippen molar-refractivity contribution in [3.05, 3.63) is 29.8 Å². The quantitative estimate of drug-likeness (QED) is 0.841. The maximum absolute atomic E-state index is 5.80. The van der Waals surface area contributed by atoms with E-state index in [1.165, 1.54) is 5.56 Å². The van der Waals surface area contributed by atoms with Crippen LogP contribution in [0.1, 0.15) is 18.4 Å². The highest BCUT2D eigenvalue weighted by atomic mass is 16.7. The topological polar surface area (TPSA) is 47.7 Å². The number of piperidine rings is 1. The highest BCUT2D eigenvalue weighted by Gasteiger charge is 2.40. The van der Waals surface area contributed by atoms with E-state index in [4.69, 9.17) is 15.2 Å². The molecule has 2 fully saturated rings. The van der Waals surface area contributed by atoms with Crippen molar-refractivity contribution in [3.63, 3.8) is 0 Å². The van der Waals surface area contributed by atoms with Crippen LogP contribution in [0.15, 0.2) is 24.3 Å². The average Bonchev–Trinajstić information content (AvgIpc) is 2.86. The first-order valence-electron chi connectivity index (χ1n) is 7.10. The van der Waals surface area contributed by atoms with Crippen molar-refractivity contribution in [2.45, 2.75) is 25.0 Å². The molecule has 0 radical (unpaired) electrons. The van der Waals surface area contributed by atoms with Gasteiger partial charge in [0.05, 0.1) is 19.8 Å². The SMILES string of the molecule is Nc1ccc(CCN2CCCC3(C2)OCCO3)cc1. The summed E-state index contributed by atoms with van der Waals surface area (Å²) in [5, 5.41) is 0. The van der Waals surface area contributed by atoms with Crippen LogP contribution in [0.3, 0.4) is 0 Å². The van der Waals surface area contributed by atoms with E-state index in [9.17, 15) is 0 Å². The van der Waals surface area contributed by atoms with Crippen LogP contribution in [-0.2, 0) is 15.9 Å². The Hall–Kier alpha value is -1.10. The molecule has 19 heavy (non-hydrogen) atoms. The predicted molar refractivity (Wildman–Crippen MR) is 74.9 cm³/mol. The van der Waals surface area contributed by atoms with E-state index in [-0.39, 0.29) is 5.79 Å². The first-order valence-corrected chi connectivity index (χ1v) is 7.10. The van der Waals surface area contributed by atoms with Crippen molar-refractivity contribution in [1.29, 1.82) is 0 Å². The van der Waals surface area contributed by atoms with Crippen molar-refractivity contribution in [1.82, 2.24) is 4.90 Å². The molecule has 0 atom stereocenters. The summed E-state index contributed by atoms with van der Waals surface area (Å²) in [6.45, 7) is 4.58. The zero-order valence-electron chi connectivity index (χ0n) is 11.3. The Morgan fingerprint density at radius 3 is 2.63 bits per heavy atom. The lowest BCUT2D eigenvalue weighted by Crippen LogP contribution is -2.49. The third-order valence-corrected chi connectivity index (χ3v) is 4.01. The molecule has 4 nitrogen and oxygen atoms in total. The molecule has 1 spiro atoms. The number of benzene rings is 1. The third kappa shape index (κ3) is 3.08. The van der Waals surface area contributed by atoms with E-state index in [1.807, 2.05) is 12.1 Å². The first-order chi connectivity index (χ1) is 9.26. The van der Waals surface area contributed by atoms with Crippen molar-refractivity contribution in [3.8, 4) is 0 Å². The molecule has 0 aliphatic carbocycles. The number of nitrogens with two attached hydrogens (primary N) is 1. The average molecular weight is 262 g/mol. The van der Waals surface area contributed by atoms with Crippen LogP contribution in [0.4, 0.5) is 5.69 Å². The van der Waals surface area contributed by atoms with Gasteiger partial charge in [0.25, 0.3) is 0 Å². The Balaban J connectivity index is 1.53. The Morgan fingerprint density at radius 1 is 1.16 bits per heavy atom. The second-order valence-corrected chi connectivity index (χ2v) is 5.48. The second kappa shape index (κ2) is 5.49. The van der Waals surface area contributed by atoms with Crippen LogP contribution in [0.25, 0.3) is 0 Å². The molecule has 0 unspecified atom stereocenters. The normalized spacial score (nSPS) is 22.9. The van der Waals surface area contributed by atoms with Crippen LogP contribution in [0, 0.1) is 0 Å². The van der Waals surface area contributed by atoms with Gasteiger partial charge in [-0.05, 0) is 37.1 Å². The molecule has 1 aromatic rings. The molecule has 0 amide bonds. The molecule has 0 bridgehead atoms. The van der Waals surface area contributed by atoms with Gasteiger partial charge >= 0.3 is 0 Å². The van der Waals surface area contributed by atoms with Gasteiger partial charge in [-0.1, -0.05) is 12.1 Å². The summed E-state index contributed by atoms with van der Waals surface area (Å²) in [7, 11) is 0. The first kappa shape index (κ1) is 12.9. The summed E-state index contributed by atoms with van der Waals surface area (Å²) in [5.74, 6) is -0.306. The van der Waals surface area contributed by atoms with Gasteiger partial charge in [0.1, 0.15) is 0 Å². The van der Waals surface area contributed by atoms with Gasteiger partial charge in [0.15, 0.2) is 5.79 Å². The van der Waals surface area contributed by atoms with Gasteiger partial charge in [-0.25, -0.2) is 0 Å². The highest BCUT2D eigenvalue weighted by molar-refractivity contribution is 5.39. The maximum Gasteiger partial charge on any atom is 0.181 e. The van der Waals surface area contributed by atoms with Gasteiger partial charge < -0.3 is 15.2 Å². The second-order valence-electron chi connectivity index (χ2n) is 5.48. The molecule has 0 saturated carbocycles.